The van der Waals surface area contributed by atoms with Crippen LogP contribution >= 0.6 is 11.6 Å². The fourth-order valence-corrected chi connectivity index (χ4v) is 3.04. The molecule has 2 aromatic rings. The molecule has 1 fully saturated rings. The van der Waals surface area contributed by atoms with Gasteiger partial charge in [0.1, 0.15) is 0 Å². The van der Waals surface area contributed by atoms with Gasteiger partial charge in [-0.05, 0) is 37.1 Å². The first-order chi connectivity index (χ1) is 12.5. The number of nitrogens with one attached hydrogen (secondary N) is 3. The highest BCUT2D eigenvalue weighted by Crippen LogP contribution is 2.20. The van der Waals surface area contributed by atoms with Crippen molar-refractivity contribution in [2.24, 2.45) is 0 Å². The Labute approximate surface area is 158 Å². The number of quaternary nitrogens is 1. The maximum atomic E-state index is 12.7. The molecule has 1 unspecified atom stereocenters. The van der Waals surface area contributed by atoms with Gasteiger partial charge in [0.05, 0.1) is 7.05 Å². The van der Waals surface area contributed by atoms with Gasteiger partial charge in [-0.1, -0.05) is 41.9 Å². The summed E-state index contributed by atoms with van der Waals surface area (Å²) in [5, 5.41) is 6.52. The molecule has 0 heterocycles. The van der Waals surface area contributed by atoms with E-state index >= 15 is 0 Å². The average molecular weight is 373 g/mol. The van der Waals surface area contributed by atoms with Crippen molar-refractivity contribution < 1.29 is 14.5 Å². The highest BCUT2D eigenvalue weighted by atomic mass is 35.5. The lowest BCUT2D eigenvalue weighted by molar-refractivity contribution is -0.894. The van der Waals surface area contributed by atoms with E-state index in [0.717, 1.165) is 23.3 Å². The Morgan fingerprint density at radius 3 is 2.38 bits per heavy atom. The van der Waals surface area contributed by atoms with E-state index < -0.39 is 6.04 Å². The molecule has 2 aromatic carbocycles. The van der Waals surface area contributed by atoms with Crippen LogP contribution in [0.4, 0.5) is 5.69 Å². The summed E-state index contributed by atoms with van der Waals surface area (Å²) < 4.78 is 0. The summed E-state index contributed by atoms with van der Waals surface area (Å²) in [5.74, 6) is -0.180. The topological polar surface area (TPSA) is 62.6 Å². The molecule has 0 aliphatic heterocycles. The van der Waals surface area contributed by atoms with E-state index in [1.54, 1.807) is 24.3 Å². The predicted octanol–water partition coefficient (Wildman–Crippen LogP) is 1.81. The Morgan fingerprint density at radius 2 is 1.77 bits per heavy atom. The van der Waals surface area contributed by atoms with Gasteiger partial charge in [-0.3, -0.25) is 9.59 Å². The van der Waals surface area contributed by atoms with Gasteiger partial charge in [-0.15, -0.1) is 0 Å². The van der Waals surface area contributed by atoms with E-state index in [-0.39, 0.29) is 24.4 Å². The molecule has 3 N–H and O–H groups in total. The van der Waals surface area contributed by atoms with Crippen LogP contribution in [0.15, 0.2) is 54.6 Å². The highest BCUT2D eigenvalue weighted by Gasteiger charge is 2.34. The van der Waals surface area contributed by atoms with Crippen molar-refractivity contribution in [3.8, 4) is 0 Å². The van der Waals surface area contributed by atoms with Crippen LogP contribution in [0, 0.1) is 0 Å². The molecule has 26 heavy (non-hydrogen) atoms. The molecule has 1 aliphatic rings. The van der Waals surface area contributed by atoms with Gasteiger partial charge in [0, 0.05) is 22.3 Å². The van der Waals surface area contributed by atoms with Crippen molar-refractivity contribution in [1.82, 2.24) is 5.32 Å². The minimum atomic E-state index is -0.423. The van der Waals surface area contributed by atoms with Crippen LogP contribution in [0.1, 0.15) is 24.4 Å². The summed E-state index contributed by atoms with van der Waals surface area (Å²) in [6.45, 7) is 0.181. The largest absolute Gasteiger partial charge is 0.348 e. The second-order valence-corrected chi connectivity index (χ2v) is 7.14. The van der Waals surface area contributed by atoms with Crippen molar-refractivity contribution in [3.63, 3.8) is 0 Å². The number of carbonyl (C=O) groups excluding carboxylic acids is 2. The van der Waals surface area contributed by atoms with E-state index in [1.165, 1.54) is 0 Å². The first kappa shape index (κ1) is 18.4. The van der Waals surface area contributed by atoms with Crippen molar-refractivity contribution in [3.05, 3.63) is 65.2 Å². The Kier molecular flexibility index (Phi) is 5.91. The molecule has 136 valence electrons. The van der Waals surface area contributed by atoms with Crippen LogP contribution in [0.3, 0.4) is 0 Å². The van der Waals surface area contributed by atoms with Gasteiger partial charge in [-0.2, -0.15) is 0 Å². The minimum Gasteiger partial charge on any atom is -0.348 e. The third kappa shape index (κ3) is 5.07. The van der Waals surface area contributed by atoms with Crippen LogP contribution in [-0.2, 0) is 9.59 Å². The lowest BCUT2D eigenvalue weighted by Gasteiger charge is -2.24. The van der Waals surface area contributed by atoms with E-state index in [2.05, 4.69) is 10.6 Å². The predicted molar refractivity (Wildman–Crippen MR) is 102 cm³/mol. The van der Waals surface area contributed by atoms with Gasteiger partial charge in [0.2, 0.25) is 0 Å². The standard InChI is InChI=1S/C20H22ClN3O2/c1-24(13-18(25)22-16-9-7-15(21)8-10-16)19(14-5-3-2-4-6-14)20(26)23-17-11-12-17/h2-10,17,19H,11-13H2,1H3,(H,22,25)(H,23,26)/p+1/t19-/m1/s1. The third-order valence-electron chi connectivity index (χ3n) is 4.38. The monoisotopic (exact) mass is 372 g/mol. The Morgan fingerprint density at radius 1 is 1.12 bits per heavy atom. The smallest absolute Gasteiger partial charge is 0.283 e. The molecule has 0 radical (unpaired) electrons. The van der Waals surface area contributed by atoms with Crippen LogP contribution in [0.25, 0.3) is 0 Å². The summed E-state index contributed by atoms with van der Waals surface area (Å²) in [6, 6.07) is 16.4. The van der Waals surface area contributed by atoms with Crippen LogP contribution < -0.4 is 15.5 Å². The fraction of sp³-hybridized carbons (Fsp3) is 0.300. The van der Waals surface area contributed by atoms with E-state index in [0.29, 0.717) is 10.7 Å². The van der Waals surface area contributed by atoms with Gasteiger partial charge in [0.15, 0.2) is 12.6 Å². The molecular formula is C20H23ClN3O2+. The minimum absolute atomic E-state index is 0.0320. The van der Waals surface area contributed by atoms with Crippen molar-refractivity contribution in [2.45, 2.75) is 24.9 Å². The second-order valence-electron chi connectivity index (χ2n) is 6.70. The number of amides is 2. The van der Waals surface area contributed by atoms with Gasteiger partial charge in [0.25, 0.3) is 11.8 Å². The van der Waals surface area contributed by atoms with Crippen molar-refractivity contribution >= 4 is 29.1 Å². The second kappa shape index (κ2) is 8.34. The molecule has 1 saturated carbocycles. The van der Waals surface area contributed by atoms with E-state index in [1.807, 2.05) is 37.4 Å². The Bertz CT molecular complexity index is 760. The maximum absolute atomic E-state index is 12.7. The van der Waals surface area contributed by atoms with Crippen LogP contribution in [-0.4, -0.2) is 31.4 Å². The fourth-order valence-electron chi connectivity index (χ4n) is 2.91. The quantitative estimate of drug-likeness (QED) is 0.694. The normalized spacial score (nSPS) is 15.8. The molecular weight excluding hydrogens is 350 g/mol. The SMILES string of the molecule is C[NH+](CC(=O)Nc1ccc(Cl)cc1)[C@@H](C(=O)NC1CC1)c1ccccc1. The molecule has 1 aliphatic carbocycles. The maximum Gasteiger partial charge on any atom is 0.283 e. The summed E-state index contributed by atoms with van der Waals surface area (Å²) in [4.78, 5) is 26.0. The zero-order valence-corrected chi connectivity index (χ0v) is 15.4. The molecule has 0 saturated heterocycles. The number of hydrogen-bond donors (Lipinski definition) is 3. The zero-order valence-electron chi connectivity index (χ0n) is 14.7. The van der Waals surface area contributed by atoms with Crippen molar-refractivity contribution in [1.29, 1.82) is 0 Å². The first-order valence-electron chi connectivity index (χ1n) is 8.76. The van der Waals surface area contributed by atoms with Gasteiger partial charge >= 0.3 is 0 Å². The molecule has 6 heteroatoms. The number of carbonyl (C=O) groups is 2. The summed E-state index contributed by atoms with van der Waals surface area (Å²) in [6.07, 6.45) is 2.06. The number of halogens is 1. The number of hydrogen-bond acceptors (Lipinski definition) is 2. The third-order valence-corrected chi connectivity index (χ3v) is 4.63. The van der Waals surface area contributed by atoms with E-state index in [4.69, 9.17) is 11.6 Å². The summed E-state index contributed by atoms with van der Waals surface area (Å²) in [5.41, 5.74) is 1.59. The van der Waals surface area contributed by atoms with Gasteiger partial charge in [-0.25, -0.2) is 0 Å². The number of anilines is 1. The zero-order chi connectivity index (χ0) is 18.5. The molecule has 2 amide bonds. The lowest BCUT2D eigenvalue weighted by atomic mass is 10.0. The lowest BCUT2D eigenvalue weighted by Crippen LogP contribution is -3.11. The van der Waals surface area contributed by atoms with Crippen molar-refractivity contribution in [2.75, 3.05) is 18.9 Å². The number of likely N-dealkylation sites (N-methyl/N-ethyl adjacent to an activating group) is 1. The number of benzene rings is 2. The van der Waals surface area contributed by atoms with Gasteiger partial charge < -0.3 is 15.5 Å². The first-order valence-corrected chi connectivity index (χ1v) is 9.14. The molecule has 0 bridgehead atoms. The molecule has 0 spiro atoms. The number of rotatable bonds is 7. The molecule has 3 rings (SSSR count). The molecule has 0 aromatic heterocycles. The van der Waals surface area contributed by atoms with Crippen LogP contribution in [0.5, 0.6) is 0 Å². The summed E-state index contributed by atoms with van der Waals surface area (Å²) in [7, 11) is 1.87. The highest BCUT2D eigenvalue weighted by molar-refractivity contribution is 6.30. The Hall–Kier alpha value is -2.37. The van der Waals surface area contributed by atoms with E-state index in [9.17, 15) is 9.59 Å². The summed E-state index contributed by atoms with van der Waals surface area (Å²) >= 11 is 5.86. The molecule has 5 nitrogen and oxygen atoms in total. The van der Waals surface area contributed by atoms with Crippen LogP contribution in [0.2, 0.25) is 5.02 Å². The Balaban J connectivity index is 1.67. The molecule has 2 atom stereocenters. The average Bonchev–Trinajstić information content (AvgIpc) is 3.42.